The molecule has 0 saturated heterocycles. The predicted molar refractivity (Wildman–Crippen MR) is 86.8 cm³/mol. The molecule has 20 heavy (non-hydrogen) atoms. The van der Waals surface area contributed by atoms with Crippen molar-refractivity contribution < 1.29 is 0 Å². The number of nitrogens with two attached hydrogens (primary N) is 1. The molecule has 106 valence electrons. The molecule has 0 aliphatic carbocycles. The van der Waals surface area contributed by atoms with Crippen LogP contribution in [0, 0.1) is 0 Å². The van der Waals surface area contributed by atoms with Crippen molar-refractivity contribution in [2.45, 2.75) is 26.3 Å². The Morgan fingerprint density at radius 1 is 1.25 bits per heavy atom. The van der Waals surface area contributed by atoms with Crippen LogP contribution < -0.4 is 10.6 Å². The molecule has 1 aromatic carbocycles. The monoisotopic (exact) mass is 334 g/mol. The van der Waals surface area contributed by atoms with Crippen molar-refractivity contribution in [2.75, 3.05) is 17.7 Å². The summed E-state index contributed by atoms with van der Waals surface area (Å²) in [6.07, 6.45) is 0. The Labute approximate surface area is 128 Å². The second-order valence-corrected chi connectivity index (χ2v) is 5.97. The van der Waals surface area contributed by atoms with Crippen molar-refractivity contribution in [2.24, 2.45) is 0 Å². The van der Waals surface area contributed by atoms with E-state index in [0.29, 0.717) is 5.82 Å². The second kappa shape index (κ2) is 6.22. The fourth-order valence-corrected chi connectivity index (χ4v) is 2.30. The van der Waals surface area contributed by atoms with Gasteiger partial charge >= 0.3 is 0 Å². The normalized spacial score (nSPS) is 10.8. The van der Waals surface area contributed by atoms with Gasteiger partial charge in [-0.2, -0.15) is 0 Å². The van der Waals surface area contributed by atoms with Crippen molar-refractivity contribution in [3.05, 3.63) is 46.2 Å². The van der Waals surface area contributed by atoms with Gasteiger partial charge in [0, 0.05) is 30.0 Å². The van der Waals surface area contributed by atoms with Crippen LogP contribution in [0.25, 0.3) is 0 Å². The van der Waals surface area contributed by atoms with Gasteiger partial charge in [-0.25, -0.2) is 9.97 Å². The van der Waals surface area contributed by atoms with E-state index in [1.54, 1.807) is 0 Å². The van der Waals surface area contributed by atoms with E-state index in [2.05, 4.69) is 50.7 Å². The lowest BCUT2D eigenvalue weighted by Gasteiger charge is -2.20. The standard InChI is InChI=1S/C15H19BrN4/c1-10(2)15-18-13(17)8-14(19-15)20(3)9-11-6-4-5-7-12(11)16/h4-8,10H,9H2,1-3H3,(H2,17,18,19). The minimum absolute atomic E-state index is 0.258. The molecule has 0 radical (unpaired) electrons. The van der Waals surface area contributed by atoms with Crippen LogP contribution in [0.3, 0.4) is 0 Å². The molecule has 2 N–H and O–H groups in total. The topological polar surface area (TPSA) is 55.0 Å². The Kier molecular flexibility index (Phi) is 4.60. The number of hydrogen-bond acceptors (Lipinski definition) is 4. The van der Waals surface area contributed by atoms with Gasteiger partial charge in [0.15, 0.2) is 0 Å². The van der Waals surface area contributed by atoms with Crippen LogP contribution in [-0.2, 0) is 6.54 Å². The fraction of sp³-hybridized carbons (Fsp3) is 0.333. The van der Waals surface area contributed by atoms with E-state index in [4.69, 9.17) is 5.73 Å². The van der Waals surface area contributed by atoms with Crippen LogP contribution in [0.1, 0.15) is 31.2 Å². The van der Waals surface area contributed by atoms with Crippen molar-refractivity contribution >= 4 is 27.6 Å². The number of rotatable bonds is 4. The summed E-state index contributed by atoms with van der Waals surface area (Å²) in [6.45, 7) is 4.88. The maximum atomic E-state index is 5.87. The zero-order valence-electron chi connectivity index (χ0n) is 12.0. The molecule has 1 heterocycles. The Morgan fingerprint density at radius 3 is 2.60 bits per heavy atom. The maximum Gasteiger partial charge on any atom is 0.135 e. The SMILES string of the molecule is CC(C)c1nc(N)cc(N(C)Cc2ccccc2Br)n1. The molecule has 2 rings (SSSR count). The highest BCUT2D eigenvalue weighted by Crippen LogP contribution is 2.22. The second-order valence-electron chi connectivity index (χ2n) is 5.11. The van der Waals surface area contributed by atoms with Crippen LogP contribution in [-0.4, -0.2) is 17.0 Å². The number of benzene rings is 1. The molecule has 0 saturated carbocycles. The number of aromatic nitrogens is 2. The van der Waals surface area contributed by atoms with Gasteiger partial charge in [-0.15, -0.1) is 0 Å². The lowest BCUT2D eigenvalue weighted by Crippen LogP contribution is -2.19. The van der Waals surface area contributed by atoms with E-state index in [0.717, 1.165) is 22.7 Å². The fourth-order valence-electron chi connectivity index (χ4n) is 1.89. The highest BCUT2D eigenvalue weighted by molar-refractivity contribution is 9.10. The van der Waals surface area contributed by atoms with Crippen molar-refractivity contribution in [3.63, 3.8) is 0 Å². The van der Waals surface area contributed by atoms with Gasteiger partial charge in [-0.1, -0.05) is 48.0 Å². The summed E-state index contributed by atoms with van der Waals surface area (Å²) in [6, 6.07) is 9.98. The van der Waals surface area contributed by atoms with E-state index >= 15 is 0 Å². The quantitative estimate of drug-likeness (QED) is 0.928. The first-order chi connectivity index (χ1) is 9.47. The number of nitrogens with zero attached hydrogens (tertiary/aromatic N) is 3. The van der Waals surface area contributed by atoms with Crippen molar-refractivity contribution in [3.8, 4) is 0 Å². The minimum Gasteiger partial charge on any atom is -0.384 e. The molecule has 0 spiro atoms. The molecule has 0 aliphatic rings. The van der Waals surface area contributed by atoms with E-state index in [9.17, 15) is 0 Å². The molecule has 0 aliphatic heterocycles. The summed E-state index contributed by atoms with van der Waals surface area (Å²) in [4.78, 5) is 10.9. The van der Waals surface area contributed by atoms with Crippen LogP contribution in [0.2, 0.25) is 0 Å². The number of nitrogen functional groups attached to an aromatic ring is 1. The molecular formula is C15H19BrN4. The van der Waals surface area contributed by atoms with E-state index in [1.165, 1.54) is 5.56 Å². The summed E-state index contributed by atoms with van der Waals surface area (Å²) >= 11 is 3.57. The zero-order valence-corrected chi connectivity index (χ0v) is 13.6. The average molecular weight is 335 g/mol. The molecular weight excluding hydrogens is 316 g/mol. The average Bonchev–Trinajstić information content (AvgIpc) is 2.40. The van der Waals surface area contributed by atoms with Gasteiger partial charge in [-0.3, -0.25) is 0 Å². The van der Waals surface area contributed by atoms with Crippen LogP contribution in [0.15, 0.2) is 34.8 Å². The molecule has 0 unspecified atom stereocenters. The first-order valence-corrected chi connectivity index (χ1v) is 7.35. The summed E-state index contributed by atoms with van der Waals surface area (Å²) in [5, 5.41) is 0. The molecule has 0 fully saturated rings. The third-order valence-electron chi connectivity index (χ3n) is 3.02. The zero-order chi connectivity index (χ0) is 14.7. The number of halogens is 1. The van der Waals surface area contributed by atoms with Gasteiger partial charge in [-0.05, 0) is 11.6 Å². The predicted octanol–water partition coefficient (Wildman–Crippen LogP) is 3.58. The van der Waals surface area contributed by atoms with Gasteiger partial charge in [0.05, 0.1) is 0 Å². The first kappa shape index (κ1) is 14.8. The van der Waals surface area contributed by atoms with Gasteiger partial charge < -0.3 is 10.6 Å². The summed E-state index contributed by atoms with van der Waals surface area (Å²) in [7, 11) is 2.01. The molecule has 5 heteroatoms. The number of anilines is 2. The highest BCUT2D eigenvalue weighted by atomic mass is 79.9. The molecule has 0 bridgehead atoms. The van der Waals surface area contributed by atoms with Crippen LogP contribution in [0.4, 0.5) is 11.6 Å². The van der Waals surface area contributed by atoms with Gasteiger partial charge in [0.2, 0.25) is 0 Å². The summed E-state index contributed by atoms with van der Waals surface area (Å²) in [5.74, 6) is 2.39. The van der Waals surface area contributed by atoms with E-state index in [1.807, 2.05) is 31.3 Å². The third kappa shape index (κ3) is 3.48. The first-order valence-electron chi connectivity index (χ1n) is 6.56. The molecule has 1 aromatic heterocycles. The lowest BCUT2D eigenvalue weighted by atomic mass is 10.2. The smallest absolute Gasteiger partial charge is 0.135 e. The van der Waals surface area contributed by atoms with E-state index < -0.39 is 0 Å². The largest absolute Gasteiger partial charge is 0.384 e. The van der Waals surface area contributed by atoms with Gasteiger partial charge in [0.1, 0.15) is 17.5 Å². The minimum atomic E-state index is 0.258. The summed E-state index contributed by atoms with van der Waals surface area (Å²) in [5.41, 5.74) is 7.08. The Hall–Kier alpha value is -1.62. The van der Waals surface area contributed by atoms with Crippen molar-refractivity contribution in [1.82, 2.24) is 9.97 Å². The van der Waals surface area contributed by atoms with Crippen molar-refractivity contribution in [1.29, 1.82) is 0 Å². The Morgan fingerprint density at radius 2 is 1.95 bits per heavy atom. The van der Waals surface area contributed by atoms with Gasteiger partial charge in [0.25, 0.3) is 0 Å². The maximum absolute atomic E-state index is 5.87. The summed E-state index contributed by atoms with van der Waals surface area (Å²) < 4.78 is 1.10. The van der Waals surface area contributed by atoms with Crippen LogP contribution >= 0.6 is 15.9 Å². The molecule has 4 nitrogen and oxygen atoms in total. The number of hydrogen-bond donors (Lipinski definition) is 1. The Balaban J connectivity index is 2.25. The van der Waals surface area contributed by atoms with Crippen LogP contribution in [0.5, 0.6) is 0 Å². The lowest BCUT2D eigenvalue weighted by molar-refractivity contribution is 0.765. The molecule has 2 aromatic rings. The molecule has 0 atom stereocenters. The van der Waals surface area contributed by atoms with E-state index in [-0.39, 0.29) is 5.92 Å². The third-order valence-corrected chi connectivity index (χ3v) is 3.80. The molecule has 0 amide bonds. The Bertz CT molecular complexity index is 598. The highest BCUT2D eigenvalue weighted by Gasteiger charge is 2.11.